The lowest BCUT2D eigenvalue weighted by Crippen LogP contribution is -2.49. The standard InChI is InChI=1S/C16H26N4O2/c1-9-6-7-13(15(17)21)8-20(9)16(22)10(2)14-11(3)18-19(5)12(14)4/h9-10,13H,6-8H2,1-5H3,(H2,17,21). The fraction of sp³-hybridized carbons (Fsp3) is 0.688. The van der Waals surface area contributed by atoms with Gasteiger partial charge in [0, 0.05) is 30.9 Å². The number of piperidine rings is 1. The lowest BCUT2D eigenvalue weighted by Gasteiger charge is -2.38. The highest BCUT2D eigenvalue weighted by molar-refractivity contribution is 5.85. The molecule has 2 amide bonds. The van der Waals surface area contributed by atoms with Gasteiger partial charge in [0.1, 0.15) is 0 Å². The maximum Gasteiger partial charge on any atom is 0.230 e. The van der Waals surface area contributed by atoms with Gasteiger partial charge in [-0.15, -0.1) is 0 Å². The van der Waals surface area contributed by atoms with Crippen molar-refractivity contribution in [1.82, 2.24) is 14.7 Å². The van der Waals surface area contributed by atoms with Gasteiger partial charge in [0.25, 0.3) is 0 Å². The molecular formula is C16H26N4O2. The van der Waals surface area contributed by atoms with Gasteiger partial charge in [0.15, 0.2) is 0 Å². The van der Waals surface area contributed by atoms with Gasteiger partial charge in [0.05, 0.1) is 17.5 Å². The minimum absolute atomic E-state index is 0.0534. The third-order valence-electron chi connectivity index (χ3n) is 4.94. The van der Waals surface area contributed by atoms with E-state index >= 15 is 0 Å². The molecule has 22 heavy (non-hydrogen) atoms. The second-order valence-electron chi connectivity index (χ2n) is 6.45. The molecule has 0 radical (unpaired) electrons. The molecule has 2 heterocycles. The molecule has 6 heteroatoms. The van der Waals surface area contributed by atoms with E-state index in [0.717, 1.165) is 29.8 Å². The van der Waals surface area contributed by atoms with Crippen LogP contribution in [0.4, 0.5) is 0 Å². The average molecular weight is 306 g/mol. The number of rotatable bonds is 3. The minimum atomic E-state index is -0.314. The Labute approximate surface area is 131 Å². The van der Waals surface area contributed by atoms with Gasteiger partial charge in [-0.25, -0.2) is 0 Å². The van der Waals surface area contributed by atoms with Crippen LogP contribution in [0.5, 0.6) is 0 Å². The van der Waals surface area contributed by atoms with Crippen LogP contribution in [0.2, 0.25) is 0 Å². The Morgan fingerprint density at radius 1 is 1.32 bits per heavy atom. The number of carbonyl (C=O) groups is 2. The molecular weight excluding hydrogens is 280 g/mol. The van der Waals surface area contributed by atoms with Crippen molar-refractivity contribution in [1.29, 1.82) is 0 Å². The Morgan fingerprint density at radius 2 is 1.95 bits per heavy atom. The summed E-state index contributed by atoms with van der Waals surface area (Å²) in [6.07, 6.45) is 1.58. The number of hydrogen-bond donors (Lipinski definition) is 1. The highest BCUT2D eigenvalue weighted by Crippen LogP contribution is 2.29. The van der Waals surface area contributed by atoms with Crippen molar-refractivity contribution in [2.45, 2.75) is 52.5 Å². The first-order valence-electron chi connectivity index (χ1n) is 7.83. The van der Waals surface area contributed by atoms with Crippen molar-refractivity contribution in [3.63, 3.8) is 0 Å². The molecule has 3 unspecified atom stereocenters. The van der Waals surface area contributed by atoms with E-state index < -0.39 is 0 Å². The summed E-state index contributed by atoms with van der Waals surface area (Å²) >= 11 is 0. The number of hydrogen-bond acceptors (Lipinski definition) is 3. The number of amides is 2. The summed E-state index contributed by atoms with van der Waals surface area (Å²) in [5.41, 5.74) is 8.31. The Hall–Kier alpha value is -1.85. The van der Waals surface area contributed by atoms with Crippen LogP contribution < -0.4 is 5.73 Å². The lowest BCUT2D eigenvalue weighted by molar-refractivity contribution is -0.138. The molecule has 0 saturated carbocycles. The molecule has 0 spiro atoms. The second kappa shape index (κ2) is 6.10. The van der Waals surface area contributed by atoms with E-state index in [-0.39, 0.29) is 29.7 Å². The van der Waals surface area contributed by atoms with Gasteiger partial charge in [-0.3, -0.25) is 14.3 Å². The molecule has 1 aliphatic rings. The fourth-order valence-corrected chi connectivity index (χ4v) is 3.44. The zero-order valence-corrected chi connectivity index (χ0v) is 14.1. The van der Waals surface area contributed by atoms with E-state index in [1.54, 1.807) is 4.68 Å². The number of primary amides is 1. The van der Waals surface area contributed by atoms with Crippen molar-refractivity contribution in [3.05, 3.63) is 17.0 Å². The maximum atomic E-state index is 12.9. The van der Waals surface area contributed by atoms with E-state index in [2.05, 4.69) is 5.10 Å². The van der Waals surface area contributed by atoms with Gasteiger partial charge in [-0.2, -0.15) is 5.10 Å². The highest BCUT2D eigenvalue weighted by Gasteiger charge is 2.35. The summed E-state index contributed by atoms with van der Waals surface area (Å²) in [6, 6.07) is 0.142. The molecule has 1 fully saturated rings. The third-order valence-corrected chi connectivity index (χ3v) is 4.94. The molecule has 0 aromatic carbocycles. The van der Waals surface area contributed by atoms with Crippen molar-refractivity contribution in [2.24, 2.45) is 18.7 Å². The monoisotopic (exact) mass is 306 g/mol. The van der Waals surface area contributed by atoms with E-state index in [0.29, 0.717) is 6.54 Å². The van der Waals surface area contributed by atoms with E-state index in [1.165, 1.54) is 0 Å². The number of nitrogens with zero attached hydrogens (tertiary/aromatic N) is 3. The molecule has 6 nitrogen and oxygen atoms in total. The van der Waals surface area contributed by atoms with E-state index in [9.17, 15) is 9.59 Å². The number of likely N-dealkylation sites (tertiary alicyclic amines) is 1. The first-order chi connectivity index (χ1) is 10.2. The number of aryl methyl sites for hydroxylation is 2. The predicted molar refractivity (Wildman–Crippen MR) is 84.2 cm³/mol. The van der Waals surface area contributed by atoms with Crippen molar-refractivity contribution < 1.29 is 9.59 Å². The zero-order valence-electron chi connectivity index (χ0n) is 14.1. The van der Waals surface area contributed by atoms with Crippen LogP contribution in [0.15, 0.2) is 0 Å². The molecule has 1 aromatic rings. The summed E-state index contributed by atoms with van der Waals surface area (Å²) in [5.74, 6) is -0.755. The summed E-state index contributed by atoms with van der Waals surface area (Å²) in [5, 5.41) is 4.39. The summed E-state index contributed by atoms with van der Waals surface area (Å²) < 4.78 is 1.81. The molecule has 122 valence electrons. The Balaban J connectivity index is 2.24. The molecule has 0 aliphatic carbocycles. The topological polar surface area (TPSA) is 81.2 Å². The molecule has 2 rings (SSSR count). The lowest BCUT2D eigenvalue weighted by atomic mass is 9.90. The largest absolute Gasteiger partial charge is 0.369 e. The summed E-state index contributed by atoms with van der Waals surface area (Å²) in [6.45, 7) is 8.28. The normalized spacial score (nSPS) is 23.4. The molecule has 0 bridgehead atoms. The van der Waals surface area contributed by atoms with Crippen LogP contribution in [0, 0.1) is 19.8 Å². The molecule has 1 saturated heterocycles. The first-order valence-corrected chi connectivity index (χ1v) is 7.83. The number of carbonyl (C=O) groups excluding carboxylic acids is 2. The quantitative estimate of drug-likeness (QED) is 0.912. The van der Waals surface area contributed by atoms with Crippen LogP contribution in [0.3, 0.4) is 0 Å². The molecule has 1 aromatic heterocycles. The van der Waals surface area contributed by atoms with Gasteiger partial charge < -0.3 is 10.6 Å². The van der Waals surface area contributed by atoms with Crippen LogP contribution in [0.25, 0.3) is 0 Å². The molecule has 2 N–H and O–H groups in total. The van der Waals surface area contributed by atoms with Crippen LogP contribution in [0.1, 0.15) is 49.6 Å². The van der Waals surface area contributed by atoms with Crippen LogP contribution in [-0.4, -0.2) is 39.1 Å². The maximum absolute atomic E-state index is 12.9. The third kappa shape index (κ3) is 2.87. The van der Waals surface area contributed by atoms with Gasteiger partial charge >= 0.3 is 0 Å². The van der Waals surface area contributed by atoms with Crippen molar-refractivity contribution in [3.8, 4) is 0 Å². The van der Waals surface area contributed by atoms with Gasteiger partial charge in [0.2, 0.25) is 11.8 Å². The molecule has 1 aliphatic heterocycles. The minimum Gasteiger partial charge on any atom is -0.369 e. The predicted octanol–water partition coefficient (Wildman–Crippen LogP) is 1.25. The second-order valence-corrected chi connectivity index (χ2v) is 6.45. The van der Waals surface area contributed by atoms with Crippen molar-refractivity contribution >= 4 is 11.8 Å². The van der Waals surface area contributed by atoms with Crippen LogP contribution >= 0.6 is 0 Å². The summed E-state index contributed by atoms with van der Waals surface area (Å²) in [7, 11) is 1.88. The Bertz CT molecular complexity index is 593. The number of nitrogens with two attached hydrogens (primary N) is 1. The Kier molecular flexibility index (Phi) is 4.58. The fourth-order valence-electron chi connectivity index (χ4n) is 3.44. The van der Waals surface area contributed by atoms with Crippen molar-refractivity contribution in [2.75, 3.05) is 6.54 Å². The van der Waals surface area contributed by atoms with E-state index in [1.807, 2.05) is 39.6 Å². The Morgan fingerprint density at radius 3 is 2.45 bits per heavy atom. The van der Waals surface area contributed by atoms with Crippen LogP contribution in [-0.2, 0) is 16.6 Å². The summed E-state index contributed by atoms with van der Waals surface area (Å²) in [4.78, 5) is 26.2. The van der Waals surface area contributed by atoms with Gasteiger partial charge in [-0.1, -0.05) is 0 Å². The van der Waals surface area contributed by atoms with Gasteiger partial charge in [-0.05, 0) is 40.5 Å². The SMILES string of the molecule is Cc1nn(C)c(C)c1C(C)C(=O)N1CC(C(N)=O)CCC1C. The first kappa shape index (κ1) is 16.5. The zero-order chi connectivity index (χ0) is 16.6. The van der Waals surface area contributed by atoms with E-state index in [4.69, 9.17) is 5.73 Å². The highest BCUT2D eigenvalue weighted by atomic mass is 16.2. The average Bonchev–Trinajstić information content (AvgIpc) is 2.71. The molecule has 3 atom stereocenters. The number of aromatic nitrogens is 2. The smallest absolute Gasteiger partial charge is 0.230 e.